The standard InChI is InChI=1S/C23H18FN3O3S2/c24-15-7-5-14(6-8-15)16-11-18(20-4-2-10-31-20)26-22(17(16)12-25)32-13-21(28)27-9-1-3-19(27)23(29)30/h2,4-8,10-11,19H,1,3,9,13H2,(H,29,30)/p-1/t19-/m1/s1. The fraction of sp³-hybridized carbons (Fsp3) is 0.217. The summed E-state index contributed by atoms with van der Waals surface area (Å²) in [5, 5.41) is 23.5. The fourth-order valence-corrected chi connectivity index (χ4v) is 5.24. The van der Waals surface area contributed by atoms with E-state index in [9.17, 15) is 24.3 Å². The predicted octanol–water partition coefficient (Wildman–Crippen LogP) is 3.32. The minimum Gasteiger partial charge on any atom is -0.548 e. The van der Waals surface area contributed by atoms with E-state index in [2.05, 4.69) is 11.1 Å². The van der Waals surface area contributed by atoms with Gasteiger partial charge in [-0.25, -0.2) is 9.37 Å². The van der Waals surface area contributed by atoms with Crippen molar-refractivity contribution in [1.29, 1.82) is 5.26 Å². The number of carbonyl (C=O) groups excluding carboxylic acids is 2. The first-order valence-electron chi connectivity index (χ1n) is 9.86. The first-order valence-corrected chi connectivity index (χ1v) is 11.7. The number of nitriles is 1. The first-order chi connectivity index (χ1) is 15.5. The molecular weight excluding hydrogens is 449 g/mol. The lowest BCUT2D eigenvalue weighted by molar-refractivity contribution is -0.310. The quantitative estimate of drug-likeness (QED) is 0.517. The lowest BCUT2D eigenvalue weighted by atomic mass is 10.0. The molecule has 1 aliphatic heterocycles. The molecule has 0 N–H and O–H groups in total. The Morgan fingerprint density at radius 2 is 2.09 bits per heavy atom. The summed E-state index contributed by atoms with van der Waals surface area (Å²) in [6.45, 7) is 0.368. The summed E-state index contributed by atoms with van der Waals surface area (Å²) < 4.78 is 13.4. The number of hydrogen-bond acceptors (Lipinski definition) is 7. The van der Waals surface area contributed by atoms with Gasteiger partial charge in [-0.3, -0.25) is 4.79 Å². The van der Waals surface area contributed by atoms with Crippen molar-refractivity contribution in [2.24, 2.45) is 0 Å². The van der Waals surface area contributed by atoms with Crippen molar-refractivity contribution in [3.8, 4) is 27.8 Å². The maximum Gasteiger partial charge on any atom is 0.233 e. The van der Waals surface area contributed by atoms with Crippen LogP contribution in [0.3, 0.4) is 0 Å². The highest BCUT2D eigenvalue weighted by Gasteiger charge is 2.29. The van der Waals surface area contributed by atoms with Gasteiger partial charge in [-0.15, -0.1) is 11.3 Å². The summed E-state index contributed by atoms with van der Waals surface area (Å²) in [5.41, 5.74) is 2.18. The van der Waals surface area contributed by atoms with E-state index in [1.165, 1.54) is 28.4 Å². The van der Waals surface area contributed by atoms with E-state index in [-0.39, 0.29) is 23.0 Å². The van der Waals surface area contributed by atoms with Crippen molar-refractivity contribution >= 4 is 35.0 Å². The van der Waals surface area contributed by atoms with Gasteiger partial charge < -0.3 is 14.8 Å². The van der Waals surface area contributed by atoms with Crippen LogP contribution < -0.4 is 5.11 Å². The number of likely N-dealkylation sites (tertiary alicyclic amines) is 1. The van der Waals surface area contributed by atoms with Gasteiger partial charge in [-0.1, -0.05) is 30.0 Å². The van der Waals surface area contributed by atoms with E-state index in [1.54, 1.807) is 18.2 Å². The first kappa shape index (κ1) is 22.0. The monoisotopic (exact) mass is 466 g/mol. The van der Waals surface area contributed by atoms with Crippen LogP contribution in [0.15, 0.2) is 52.9 Å². The van der Waals surface area contributed by atoms with Crippen molar-refractivity contribution in [2.75, 3.05) is 12.3 Å². The number of thiophene rings is 1. The molecule has 1 amide bonds. The molecule has 3 heterocycles. The SMILES string of the molecule is N#Cc1c(-c2ccc(F)cc2)cc(-c2cccs2)nc1SCC(=O)N1CCC[C@@H]1C(=O)[O-]. The zero-order valence-corrected chi connectivity index (χ0v) is 18.4. The van der Waals surface area contributed by atoms with Crippen LogP contribution in [0.25, 0.3) is 21.7 Å². The summed E-state index contributed by atoms with van der Waals surface area (Å²) in [6, 6.07) is 12.7. The van der Waals surface area contributed by atoms with Crippen LogP contribution in [0, 0.1) is 17.1 Å². The molecule has 0 saturated carbocycles. The van der Waals surface area contributed by atoms with Crippen LogP contribution >= 0.6 is 23.1 Å². The maximum absolute atomic E-state index is 13.4. The number of rotatable bonds is 6. The highest BCUT2D eigenvalue weighted by molar-refractivity contribution is 8.00. The van der Waals surface area contributed by atoms with Crippen molar-refractivity contribution < 1.29 is 19.1 Å². The second kappa shape index (κ2) is 9.51. The highest BCUT2D eigenvalue weighted by atomic mass is 32.2. The van der Waals surface area contributed by atoms with Gasteiger partial charge in [0.25, 0.3) is 0 Å². The number of hydrogen-bond donors (Lipinski definition) is 0. The lowest BCUT2D eigenvalue weighted by Crippen LogP contribution is -2.47. The molecule has 3 aromatic rings. The number of carboxylic acids is 1. The van der Waals surface area contributed by atoms with Gasteiger partial charge in [0.05, 0.1) is 33.9 Å². The largest absolute Gasteiger partial charge is 0.548 e. The minimum atomic E-state index is -1.25. The summed E-state index contributed by atoms with van der Waals surface area (Å²) in [4.78, 5) is 30.8. The average molecular weight is 467 g/mol. The Balaban J connectivity index is 1.69. The third-order valence-electron chi connectivity index (χ3n) is 5.20. The van der Waals surface area contributed by atoms with Crippen LogP contribution in [-0.2, 0) is 9.59 Å². The number of aromatic nitrogens is 1. The zero-order chi connectivity index (χ0) is 22.7. The molecule has 0 aliphatic carbocycles. The van der Waals surface area contributed by atoms with Crippen molar-refractivity contribution in [1.82, 2.24) is 9.88 Å². The molecule has 0 bridgehead atoms. The summed E-state index contributed by atoms with van der Waals surface area (Å²) >= 11 is 2.59. The van der Waals surface area contributed by atoms with Gasteiger partial charge in [-0.2, -0.15) is 5.26 Å². The molecule has 1 atom stereocenters. The number of carbonyl (C=O) groups is 2. The summed E-state index contributed by atoms with van der Waals surface area (Å²) in [6.07, 6.45) is 0.988. The molecule has 1 saturated heterocycles. The molecule has 1 aliphatic rings. The number of aliphatic carboxylic acids is 1. The van der Waals surface area contributed by atoms with Gasteiger partial charge in [0.2, 0.25) is 5.91 Å². The molecule has 6 nitrogen and oxygen atoms in total. The normalized spacial score (nSPS) is 15.5. The molecule has 9 heteroatoms. The van der Waals surface area contributed by atoms with E-state index in [0.717, 1.165) is 16.6 Å². The highest BCUT2D eigenvalue weighted by Crippen LogP contribution is 2.35. The Hall–Kier alpha value is -3.22. The van der Waals surface area contributed by atoms with Crippen molar-refractivity contribution in [3.63, 3.8) is 0 Å². The van der Waals surface area contributed by atoms with Gasteiger partial charge in [0, 0.05) is 12.1 Å². The van der Waals surface area contributed by atoms with E-state index in [0.29, 0.717) is 41.2 Å². The summed E-state index contributed by atoms with van der Waals surface area (Å²) in [5.74, 6) is -2.03. The van der Waals surface area contributed by atoms with Crippen LogP contribution in [-0.4, -0.2) is 40.1 Å². The van der Waals surface area contributed by atoms with Crippen molar-refractivity contribution in [2.45, 2.75) is 23.9 Å². The van der Waals surface area contributed by atoms with Gasteiger partial charge in [-0.05, 0) is 48.1 Å². The third-order valence-corrected chi connectivity index (χ3v) is 7.06. The van der Waals surface area contributed by atoms with Crippen LogP contribution in [0.5, 0.6) is 0 Å². The number of benzene rings is 1. The van der Waals surface area contributed by atoms with Gasteiger partial charge in [0.15, 0.2) is 0 Å². The molecular formula is C23H17FN3O3S2-. The second-order valence-corrected chi connectivity index (χ2v) is 9.10. The fourth-order valence-electron chi connectivity index (χ4n) is 3.67. The number of carboxylic acid groups (broad SMARTS) is 1. The number of amides is 1. The Bertz CT molecular complexity index is 1190. The topological polar surface area (TPSA) is 97.1 Å². The molecule has 1 aromatic carbocycles. The minimum absolute atomic E-state index is 0.0534. The second-order valence-electron chi connectivity index (χ2n) is 7.18. The summed E-state index contributed by atoms with van der Waals surface area (Å²) in [7, 11) is 0. The molecule has 0 spiro atoms. The van der Waals surface area contributed by atoms with Gasteiger partial charge >= 0.3 is 0 Å². The average Bonchev–Trinajstić information content (AvgIpc) is 3.50. The molecule has 162 valence electrons. The third kappa shape index (κ3) is 4.52. The Labute approximate surface area is 192 Å². The predicted molar refractivity (Wildman–Crippen MR) is 118 cm³/mol. The molecule has 0 unspecified atom stereocenters. The number of pyridine rings is 1. The van der Waals surface area contributed by atoms with Crippen molar-refractivity contribution in [3.05, 3.63) is 59.2 Å². The van der Waals surface area contributed by atoms with Crippen LogP contribution in [0.1, 0.15) is 18.4 Å². The Morgan fingerprint density at radius 3 is 2.75 bits per heavy atom. The van der Waals surface area contributed by atoms with Gasteiger partial charge in [0.1, 0.15) is 16.9 Å². The van der Waals surface area contributed by atoms with Crippen LogP contribution in [0.4, 0.5) is 4.39 Å². The number of nitrogens with zero attached hydrogens (tertiary/aromatic N) is 3. The van der Waals surface area contributed by atoms with E-state index in [1.807, 2.05) is 17.5 Å². The molecule has 32 heavy (non-hydrogen) atoms. The number of thioether (sulfide) groups is 1. The molecule has 1 fully saturated rings. The molecule has 4 rings (SSSR count). The number of halogens is 1. The Morgan fingerprint density at radius 1 is 1.31 bits per heavy atom. The Kier molecular flexibility index (Phi) is 6.53. The zero-order valence-electron chi connectivity index (χ0n) is 16.8. The van der Waals surface area contributed by atoms with E-state index < -0.39 is 12.0 Å². The molecule has 0 radical (unpaired) electrons. The van der Waals surface area contributed by atoms with E-state index >= 15 is 0 Å². The lowest BCUT2D eigenvalue weighted by Gasteiger charge is -2.25. The molecule has 2 aromatic heterocycles. The van der Waals surface area contributed by atoms with E-state index in [4.69, 9.17) is 0 Å². The van der Waals surface area contributed by atoms with Crippen LogP contribution in [0.2, 0.25) is 0 Å². The smallest absolute Gasteiger partial charge is 0.233 e. The maximum atomic E-state index is 13.4.